The third kappa shape index (κ3) is 5.31. The van der Waals surface area contributed by atoms with Gasteiger partial charge in [0.1, 0.15) is 23.4 Å². The van der Waals surface area contributed by atoms with Crippen LogP contribution in [0, 0.1) is 23.0 Å². The Morgan fingerprint density at radius 3 is 2.38 bits per heavy atom. The van der Waals surface area contributed by atoms with Crippen LogP contribution in [0.2, 0.25) is 0 Å². The van der Waals surface area contributed by atoms with Crippen LogP contribution in [0.4, 0.5) is 14.5 Å². The van der Waals surface area contributed by atoms with E-state index >= 15 is 0 Å². The molecule has 0 saturated carbocycles. The molecular formula is C28H28F2N6O. The predicted octanol–water partition coefficient (Wildman–Crippen LogP) is 3.39. The monoisotopic (exact) mass is 502 g/mol. The van der Waals surface area contributed by atoms with Crippen LogP contribution < -0.4 is 10.6 Å². The van der Waals surface area contributed by atoms with Crippen LogP contribution in [-0.2, 0) is 6.54 Å². The lowest BCUT2D eigenvalue weighted by molar-refractivity contribution is 0.0628. The average molecular weight is 503 g/mol. The number of benzene rings is 2. The summed E-state index contributed by atoms with van der Waals surface area (Å²) in [4.78, 5) is 24.1. The van der Waals surface area contributed by atoms with E-state index in [1.165, 1.54) is 11.8 Å². The zero-order valence-electron chi connectivity index (χ0n) is 20.4. The fourth-order valence-electron chi connectivity index (χ4n) is 5.15. The summed E-state index contributed by atoms with van der Waals surface area (Å²) in [6.45, 7) is 4.35. The first-order valence-corrected chi connectivity index (χ1v) is 12.4. The van der Waals surface area contributed by atoms with Gasteiger partial charge in [0.25, 0.3) is 5.91 Å². The minimum atomic E-state index is -0.769. The highest BCUT2D eigenvalue weighted by Crippen LogP contribution is 2.39. The molecule has 3 heterocycles. The Balaban J connectivity index is 1.48. The topological polar surface area (TPSA) is 89.5 Å². The lowest BCUT2D eigenvalue weighted by Crippen LogP contribution is -2.48. The second-order valence-corrected chi connectivity index (χ2v) is 9.56. The first-order valence-electron chi connectivity index (χ1n) is 12.4. The van der Waals surface area contributed by atoms with Crippen molar-refractivity contribution in [3.05, 3.63) is 83.2 Å². The molecule has 1 aromatic heterocycles. The van der Waals surface area contributed by atoms with Gasteiger partial charge in [-0.05, 0) is 29.7 Å². The highest BCUT2D eigenvalue weighted by atomic mass is 19.1. The largest absolute Gasteiger partial charge is 0.369 e. The fourth-order valence-corrected chi connectivity index (χ4v) is 5.15. The normalized spacial score (nSPS) is 18.2. The Labute approximate surface area is 214 Å². The zero-order chi connectivity index (χ0) is 25.9. The van der Waals surface area contributed by atoms with Gasteiger partial charge in [-0.1, -0.05) is 30.3 Å². The van der Waals surface area contributed by atoms with Crippen molar-refractivity contribution in [3.8, 4) is 17.2 Å². The molecule has 190 valence electrons. The van der Waals surface area contributed by atoms with Crippen molar-refractivity contribution in [2.24, 2.45) is 5.73 Å². The van der Waals surface area contributed by atoms with E-state index in [9.17, 15) is 18.8 Å². The first-order chi connectivity index (χ1) is 17.9. The Hall–Kier alpha value is -3.87. The van der Waals surface area contributed by atoms with Gasteiger partial charge in [-0.2, -0.15) is 5.26 Å². The van der Waals surface area contributed by atoms with Crippen molar-refractivity contribution in [2.45, 2.75) is 19.0 Å². The molecule has 2 N–H and O–H groups in total. The molecule has 2 aromatic carbocycles. The van der Waals surface area contributed by atoms with E-state index < -0.39 is 11.6 Å². The number of piperazine rings is 1. The number of nitriles is 1. The number of halogens is 2. The van der Waals surface area contributed by atoms with Crippen LogP contribution >= 0.6 is 0 Å². The van der Waals surface area contributed by atoms with Gasteiger partial charge < -0.3 is 15.5 Å². The number of nitrogens with zero attached hydrogens (tertiary/aromatic N) is 5. The lowest BCUT2D eigenvalue weighted by Gasteiger charge is -2.35. The van der Waals surface area contributed by atoms with Gasteiger partial charge in [-0.25, -0.2) is 13.8 Å². The van der Waals surface area contributed by atoms with Crippen LogP contribution in [0.1, 0.15) is 28.0 Å². The third-order valence-corrected chi connectivity index (χ3v) is 6.99. The van der Waals surface area contributed by atoms with Crippen molar-refractivity contribution in [3.63, 3.8) is 0 Å². The Morgan fingerprint density at radius 2 is 1.76 bits per heavy atom. The van der Waals surface area contributed by atoms with Crippen LogP contribution in [-0.4, -0.2) is 66.0 Å². The van der Waals surface area contributed by atoms with Crippen LogP contribution in [0.5, 0.6) is 0 Å². The number of pyridine rings is 1. The molecule has 5 rings (SSSR count). The smallest absolute Gasteiger partial charge is 0.257 e. The maximum atomic E-state index is 14.2. The maximum absolute atomic E-state index is 14.2. The van der Waals surface area contributed by atoms with E-state index in [4.69, 9.17) is 5.73 Å². The van der Waals surface area contributed by atoms with Crippen LogP contribution in [0.15, 0.2) is 54.7 Å². The molecule has 0 radical (unpaired) electrons. The summed E-state index contributed by atoms with van der Waals surface area (Å²) >= 11 is 0. The van der Waals surface area contributed by atoms with Gasteiger partial charge in [0.2, 0.25) is 0 Å². The Bertz CT molecular complexity index is 1310. The number of hydrogen-bond acceptors (Lipinski definition) is 6. The van der Waals surface area contributed by atoms with E-state index in [0.29, 0.717) is 43.9 Å². The number of amides is 1. The van der Waals surface area contributed by atoms with E-state index in [1.807, 2.05) is 29.2 Å². The molecule has 0 bridgehead atoms. The molecule has 2 aliphatic rings. The minimum absolute atomic E-state index is 0.00435. The maximum Gasteiger partial charge on any atom is 0.257 e. The van der Waals surface area contributed by atoms with Gasteiger partial charge in [0.05, 0.1) is 11.3 Å². The van der Waals surface area contributed by atoms with Gasteiger partial charge in [0, 0.05) is 69.7 Å². The zero-order valence-corrected chi connectivity index (χ0v) is 20.4. The number of nitrogens with two attached hydrogens (primary N) is 1. The van der Waals surface area contributed by atoms with E-state index in [2.05, 4.69) is 22.0 Å². The van der Waals surface area contributed by atoms with Crippen molar-refractivity contribution in [1.29, 1.82) is 5.26 Å². The molecule has 3 aromatic rings. The summed E-state index contributed by atoms with van der Waals surface area (Å²) in [7, 11) is 0. The van der Waals surface area contributed by atoms with E-state index in [1.54, 1.807) is 4.90 Å². The molecule has 2 saturated heterocycles. The predicted molar refractivity (Wildman–Crippen MR) is 137 cm³/mol. The number of aromatic nitrogens is 1. The number of carbonyl (C=O) groups excluding carboxylic acids is 1. The highest BCUT2D eigenvalue weighted by Gasteiger charge is 2.32. The number of rotatable bonds is 5. The Kier molecular flexibility index (Phi) is 7.12. The molecule has 37 heavy (non-hydrogen) atoms. The van der Waals surface area contributed by atoms with Gasteiger partial charge >= 0.3 is 0 Å². The van der Waals surface area contributed by atoms with Gasteiger partial charge in [-0.3, -0.25) is 9.69 Å². The van der Waals surface area contributed by atoms with Crippen molar-refractivity contribution >= 4 is 11.6 Å². The van der Waals surface area contributed by atoms with E-state index in [-0.39, 0.29) is 28.8 Å². The molecule has 9 heteroatoms. The summed E-state index contributed by atoms with van der Waals surface area (Å²) in [5.41, 5.74) is 8.59. The molecule has 2 fully saturated rings. The molecular weight excluding hydrogens is 474 g/mol. The van der Waals surface area contributed by atoms with Crippen molar-refractivity contribution in [2.75, 3.05) is 44.2 Å². The van der Waals surface area contributed by atoms with Gasteiger partial charge in [0.15, 0.2) is 0 Å². The molecule has 0 unspecified atom stereocenters. The molecule has 0 spiro atoms. The summed E-state index contributed by atoms with van der Waals surface area (Å²) in [6.07, 6.45) is 2.11. The molecule has 1 amide bonds. The average Bonchev–Trinajstić information content (AvgIpc) is 3.33. The number of carbonyl (C=O) groups is 1. The summed E-state index contributed by atoms with van der Waals surface area (Å²) in [5, 5.41) is 9.82. The number of hydrogen-bond donors (Lipinski definition) is 1. The molecule has 0 aliphatic carbocycles. The van der Waals surface area contributed by atoms with Crippen LogP contribution in [0.25, 0.3) is 11.1 Å². The minimum Gasteiger partial charge on any atom is -0.369 e. The molecule has 2 aliphatic heterocycles. The summed E-state index contributed by atoms with van der Waals surface area (Å²) in [5.74, 6) is -1.76. The standard InChI is InChI=1S/C28H28F2N6O/c29-21-12-20(13-22(30)14-21)26-25(15-31)33-16-24(27(26)36-7-6-23(32)18-36)28(37)35-10-8-34(9-11-35)17-19-4-2-1-3-5-19/h1-5,12-14,16,23H,6-11,17-18,32H2/t23-/m0/s1. The second-order valence-electron chi connectivity index (χ2n) is 9.56. The molecule has 7 nitrogen and oxygen atoms in total. The summed E-state index contributed by atoms with van der Waals surface area (Å²) in [6, 6.07) is 15.2. The number of anilines is 1. The van der Waals surface area contributed by atoms with Gasteiger partial charge in [-0.15, -0.1) is 0 Å². The highest BCUT2D eigenvalue weighted by molar-refractivity contribution is 6.04. The quantitative estimate of drug-likeness (QED) is 0.575. The first kappa shape index (κ1) is 24.8. The van der Waals surface area contributed by atoms with Crippen molar-refractivity contribution < 1.29 is 13.6 Å². The van der Waals surface area contributed by atoms with Crippen LogP contribution in [0.3, 0.4) is 0 Å². The SMILES string of the molecule is N#Cc1ncc(C(=O)N2CCN(Cc3ccccc3)CC2)c(N2CC[C@H](N)C2)c1-c1cc(F)cc(F)c1. The second kappa shape index (κ2) is 10.6. The lowest BCUT2D eigenvalue weighted by atomic mass is 9.97. The molecule has 1 atom stereocenters. The fraction of sp³-hybridized carbons (Fsp3) is 0.321. The third-order valence-electron chi connectivity index (χ3n) is 6.99. The van der Waals surface area contributed by atoms with Crippen molar-refractivity contribution in [1.82, 2.24) is 14.8 Å². The van der Waals surface area contributed by atoms with E-state index in [0.717, 1.165) is 37.8 Å². The summed E-state index contributed by atoms with van der Waals surface area (Å²) < 4.78 is 28.4. The Morgan fingerprint density at radius 1 is 1.05 bits per heavy atom.